The average molecular weight is 517 g/mol. The van der Waals surface area contributed by atoms with E-state index in [1.807, 2.05) is 0 Å². The Hall–Kier alpha value is -2.68. The number of nitrogens with one attached hydrogen (secondary N) is 2. The largest absolute Gasteiger partial charge is 0.338 e. The molecular formula is C21H21BrN6O3S. The van der Waals surface area contributed by atoms with Gasteiger partial charge < -0.3 is 10.3 Å². The van der Waals surface area contributed by atoms with Crippen LogP contribution in [0.25, 0.3) is 10.9 Å². The molecule has 32 heavy (non-hydrogen) atoms. The molecule has 2 fully saturated rings. The van der Waals surface area contributed by atoms with E-state index in [0.717, 1.165) is 19.3 Å². The van der Waals surface area contributed by atoms with Crippen LogP contribution < -0.4 is 10.9 Å². The molecule has 1 saturated carbocycles. The maximum atomic E-state index is 12.7. The van der Waals surface area contributed by atoms with E-state index >= 15 is 0 Å². The lowest BCUT2D eigenvalue weighted by atomic mass is 10.1. The number of fused-ring (bicyclic) bond motifs is 1. The molecule has 3 aromatic rings. The molecule has 166 valence electrons. The summed E-state index contributed by atoms with van der Waals surface area (Å²) in [5.74, 6) is 0.729. The Balaban J connectivity index is 1.53. The number of aromatic nitrogens is 3. The number of H-pyrrole nitrogens is 1. The minimum absolute atomic E-state index is 0.111. The quantitative estimate of drug-likeness (QED) is 0.495. The topological polar surface area (TPSA) is 124 Å². The van der Waals surface area contributed by atoms with Gasteiger partial charge >= 0.3 is 0 Å². The average Bonchev–Trinajstić information content (AvgIpc) is 3.49. The molecule has 0 bridgehead atoms. The minimum Gasteiger partial charge on any atom is -0.338 e. The second kappa shape index (κ2) is 8.03. The Labute approximate surface area is 193 Å². The van der Waals surface area contributed by atoms with Gasteiger partial charge in [0.25, 0.3) is 5.56 Å². The number of hydrogen-bond donors (Lipinski definition) is 2. The summed E-state index contributed by atoms with van der Waals surface area (Å²) in [4.78, 5) is 15.6. The van der Waals surface area contributed by atoms with E-state index in [9.17, 15) is 18.5 Å². The molecule has 1 aliphatic heterocycles. The zero-order valence-electron chi connectivity index (χ0n) is 17.1. The van der Waals surface area contributed by atoms with E-state index in [0.29, 0.717) is 52.3 Å². The van der Waals surface area contributed by atoms with Crippen LogP contribution in [-0.4, -0.2) is 40.6 Å². The summed E-state index contributed by atoms with van der Waals surface area (Å²) in [6.07, 6.45) is 4.84. The molecule has 1 aromatic carbocycles. The molecule has 3 heterocycles. The highest BCUT2D eigenvalue weighted by atomic mass is 79.9. The molecule has 2 N–H and O–H groups in total. The van der Waals surface area contributed by atoms with Crippen LogP contribution in [0.1, 0.15) is 31.7 Å². The molecule has 2 aromatic heterocycles. The summed E-state index contributed by atoms with van der Waals surface area (Å²) >= 11 is 3.51. The number of nitrogens with zero attached hydrogens (tertiary/aromatic N) is 4. The molecule has 0 spiro atoms. The van der Waals surface area contributed by atoms with Crippen molar-refractivity contribution < 1.29 is 8.42 Å². The zero-order valence-corrected chi connectivity index (χ0v) is 19.5. The van der Waals surface area contributed by atoms with Crippen molar-refractivity contribution in [3.05, 3.63) is 45.3 Å². The van der Waals surface area contributed by atoms with Crippen LogP contribution in [0.2, 0.25) is 0 Å². The van der Waals surface area contributed by atoms with Crippen LogP contribution in [0.15, 0.2) is 44.6 Å². The van der Waals surface area contributed by atoms with Gasteiger partial charge in [0.15, 0.2) is 5.82 Å². The molecule has 0 amide bonds. The van der Waals surface area contributed by atoms with Gasteiger partial charge in [-0.3, -0.25) is 9.48 Å². The van der Waals surface area contributed by atoms with Gasteiger partial charge in [-0.25, -0.2) is 8.42 Å². The third-order valence-corrected chi connectivity index (χ3v) is 8.56. The highest BCUT2D eigenvalue weighted by Crippen LogP contribution is 2.43. The first-order valence-corrected chi connectivity index (χ1v) is 12.7. The Morgan fingerprint density at radius 1 is 1.28 bits per heavy atom. The highest BCUT2D eigenvalue weighted by Gasteiger charge is 2.35. The van der Waals surface area contributed by atoms with Crippen molar-refractivity contribution in [1.82, 2.24) is 19.1 Å². The number of pyridine rings is 1. The lowest BCUT2D eigenvalue weighted by molar-refractivity contribution is 0.309. The van der Waals surface area contributed by atoms with Crippen molar-refractivity contribution in [3.8, 4) is 6.07 Å². The van der Waals surface area contributed by atoms with Crippen molar-refractivity contribution in [1.29, 1.82) is 5.26 Å². The number of rotatable bonds is 7. The van der Waals surface area contributed by atoms with Crippen molar-refractivity contribution in [3.63, 3.8) is 0 Å². The van der Waals surface area contributed by atoms with Crippen LogP contribution >= 0.6 is 15.9 Å². The number of nitriles is 1. The Kier molecular flexibility index (Phi) is 5.31. The number of hydrogen-bond acceptors (Lipinski definition) is 6. The number of anilines is 2. The molecule has 1 saturated heterocycles. The Bertz CT molecular complexity index is 1380. The van der Waals surface area contributed by atoms with Crippen molar-refractivity contribution in [2.24, 2.45) is 5.92 Å². The second-order valence-corrected chi connectivity index (χ2v) is 10.9. The number of aromatic amines is 1. The third-order valence-electron chi connectivity index (χ3n) is 6.04. The predicted molar refractivity (Wildman–Crippen MR) is 123 cm³/mol. The van der Waals surface area contributed by atoms with Gasteiger partial charge in [-0.2, -0.15) is 14.7 Å². The van der Waals surface area contributed by atoms with Crippen LogP contribution in [0.3, 0.4) is 0 Å². The van der Waals surface area contributed by atoms with Crippen molar-refractivity contribution >= 4 is 48.4 Å². The van der Waals surface area contributed by atoms with Crippen molar-refractivity contribution in [2.75, 3.05) is 18.4 Å². The summed E-state index contributed by atoms with van der Waals surface area (Å²) in [6.45, 7) is 1.10. The lowest BCUT2D eigenvalue weighted by Crippen LogP contribution is -2.41. The van der Waals surface area contributed by atoms with Crippen LogP contribution in [0.5, 0.6) is 0 Å². The predicted octanol–water partition coefficient (Wildman–Crippen LogP) is 3.49. The molecule has 1 unspecified atom stereocenters. The zero-order chi connectivity index (χ0) is 22.5. The van der Waals surface area contributed by atoms with E-state index in [1.165, 1.54) is 4.31 Å². The summed E-state index contributed by atoms with van der Waals surface area (Å²) < 4.78 is 29.0. The number of sulfonamides is 1. The van der Waals surface area contributed by atoms with E-state index in [-0.39, 0.29) is 16.5 Å². The van der Waals surface area contributed by atoms with Gasteiger partial charge in [0.2, 0.25) is 10.0 Å². The third kappa shape index (κ3) is 3.62. The van der Waals surface area contributed by atoms with E-state index < -0.39 is 10.0 Å². The number of halogens is 1. The van der Waals surface area contributed by atoms with Gasteiger partial charge in [0.05, 0.1) is 33.4 Å². The summed E-state index contributed by atoms with van der Waals surface area (Å²) in [6, 6.07) is 8.57. The lowest BCUT2D eigenvalue weighted by Gasteiger charge is -2.29. The monoisotopic (exact) mass is 516 g/mol. The summed E-state index contributed by atoms with van der Waals surface area (Å²) in [5, 5.41) is 17.6. The normalized spacial score (nSPS) is 17.6. The molecule has 5 rings (SSSR count). The molecule has 2 aliphatic rings. The van der Waals surface area contributed by atoms with Crippen molar-refractivity contribution in [2.45, 2.75) is 36.6 Å². The molecule has 1 aliphatic carbocycles. The van der Waals surface area contributed by atoms with E-state index in [1.54, 1.807) is 35.1 Å². The van der Waals surface area contributed by atoms with Crippen LogP contribution in [0, 0.1) is 17.2 Å². The fraction of sp³-hybridized carbons (Fsp3) is 0.381. The maximum Gasteiger partial charge on any atom is 0.261 e. The minimum atomic E-state index is -3.46. The molecule has 9 nitrogen and oxygen atoms in total. The van der Waals surface area contributed by atoms with Crippen LogP contribution in [0.4, 0.5) is 11.5 Å². The first kappa shape index (κ1) is 21.2. The maximum absolute atomic E-state index is 12.7. The molecule has 11 heteroatoms. The van der Waals surface area contributed by atoms with Gasteiger partial charge in [0.1, 0.15) is 5.39 Å². The van der Waals surface area contributed by atoms with Gasteiger partial charge in [-0.15, -0.1) is 0 Å². The fourth-order valence-corrected chi connectivity index (χ4v) is 6.04. The van der Waals surface area contributed by atoms with Gasteiger partial charge in [0, 0.05) is 25.0 Å². The summed E-state index contributed by atoms with van der Waals surface area (Å²) in [5.41, 5.74) is 0.961. The molecule has 1 atom stereocenters. The Morgan fingerprint density at radius 3 is 2.59 bits per heavy atom. The first-order chi connectivity index (χ1) is 15.4. The van der Waals surface area contributed by atoms with Crippen LogP contribution in [-0.2, 0) is 10.0 Å². The second-order valence-electron chi connectivity index (χ2n) is 8.16. The highest BCUT2D eigenvalue weighted by molar-refractivity contribution is 9.10. The van der Waals surface area contributed by atoms with E-state index in [4.69, 9.17) is 0 Å². The SMILES string of the molecule is N#CCC(C1CC1)n1nc(Nc2ccc(S(=O)(=O)N3CCC3)cc2)c2c(=O)[nH]cc(Br)c21. The van der Waals surface area contributed by atoms with E-state index in [2.05, 4.69) is 37.4 Å². The fourth-order valence-electron chi connectivity index (χ4n) is 4.03. The summed E-state index contributed by atoms with van der Waals surface area (Å²) in [7, 11) is -3.46. The van der Waals surface area contributed by atoms with Gasteiger partial charge in [-0.05, 0) is 65.4 Å². The standard InChI is InChI=1S/C21H21BrN6O3S/c22-16-12-24-21(29)18-19(16)28(17(8-9-23)13-2-3-13)26-20(18)25-14-4-6-15(7-5-14)32(30,31)27-10-1-11-27/h4-7,12-13,17H,1-3,8,10-11H2,(H,24,29)(H,25,26). The molecule has 0 radical (unpaired) electrons. The Morgan fingerprint density at radius 2 is 2.00 bits per heavy atom. The first-order valence-electron chi connectivity index (χ1n) is 10.4. The number of benzene rings is 1. The van der Waals surface area contributed by atoms with Gasteiger partial charge in [-0.1, -0.05) is 0 Å². The smallest absolute Gasteiger partial charge is 0.261 e. The molecular weight excluding hydrogens is 496 g/mol.